The summed E-state index contributed by atoms with van der Waals surface area (Å²) in [6.07, 6.45) is 0. The first-order valence-corrected chi connectivity index (χ1v) is 21.3. The third-order valence-electron chi connectivity index (χ3n) is 11.3. The third kappa shape index (κ3) is 4.29. The molecule has 7 aromatic carbocycles. The number of nitrogens with zero attached hydrogens (tertiary/aromatic N) is 4. The van der Waals surface area contributed by atoms with E-state index in [0.717, 1.165) is 39.7 Å². The SMILES string of the molecule is C[Si]1(C)c2ccccc2-c2nc(-c3cccc(-n4c5ccccc5c5ccc6c7ccccc7n(-c7ccccc7)c6c54)c3)nc(-c3ccccc3)c21. The van der Waals surface area contributed by atoms with Gasteiger partial charge in [0.25, 0.3) is 0 Å². The van der Waals surface area contributed by atoms with Gasteiger partial charge in [0.2, 0.25) is 0 Å². The van der Waals surface area contributed by atoms with Crippen LogP contribution in [-0.4, -0.2) is 27.2 Å². The monoisotopic (exact) mass is 694 g/mol. The van der Waals surface area contributed by atoms with Gasteiger partial charge >= 0.3 is 0 Å². The molecule has 0 bridgehead atoms. The average Bonchev–Trinajstić information content (AvgIpc) is 3.82. The van der Waals surface area contributed by atoms with Crippen molar-refractivity contribution in [2.24, 2.45) is 0 Å². The minimum absolute atomic E-state index is 0.746. The lowest BCUT2D eigenvalue weighted by Gasteiger charge is -2.21. The van der Waals surface area contributed by atoms with Crippen molar-refractivity contribution in [1.29, 1.82) is 0 Å². The van der Waals surface area contributed by atoms with Crippen LogP contribution in [-0.2, 0) is 0 Å². The van der Waals surface area contributed by atoms with Gasteiger partial charge in [-0.15, -0.1) is 0 Å². The predicted molar refractivity (Wildman–Crippen MR) is 224 cm³/mol. The highest BCUT2D eigenvalue weighted by atomic mass is 28.3. The molecule has 0 amide bonds. The molecule has 3 aromatic heterocycles. The Morgan fingerprint density at radius 2 is 0.962 bits per heavy atom. The lowest BCUT2D eigenvalue weighted by Crippen LogP contribution is -2.50. The van der Waals surface area contributed by atoms with Crippen LogP contribution in [0.1, 0.15) is 0 Å². The van der Waals surface area contributed by atoms with E-state index in [0.29, 0.717) is 0 Å². The van der Waals surface area contributed by atoms with Crippen LogP contribution in [0.25, 0.3) is 88.9 Å². The zero-order valence-corrected chi connectivity index (χ0v) is 30.5. The molecule has 0 unspecified atom stereocenters. The zero-order chi connectivity index (χ0) is 35.3. The lowest BCUT2D eigenvalue weighted by atomic mass is 10.1. The standard InChI is InChI=1S/C48H34N4Si/c1-53(2)42-27-14-11-24-39(42)44-47(53)43(31-16-5-3-6-17-31)49-48(50-44)32-18-15-21-34(30-32)52-41-26-13-10-23-36(41)38-29-28-37-35-22-9-12-25-40(35)51(45(37)46(38)52)33-19-7-4-8-20-33/h3-30H,1-2H3. The normalized spacial score (nSPS) is 13.2. The molecule has 0 radical (unpaired) electrons. The van der Waals surface area contributed by atoms with E-state index in [1.165, 1.54) is 59.5 Å². The molecule has 0 N–H and O–H groups in total. The van der Waals surface area contributed by atoms with Crippen LogP contribution in [0.5, 0.6) is 0 Å². The second kappa shape index (κ2) is 11.2. The molecule has 0 spiro atoms. The topological polar surface area (TPSA) is 35.6 Å². The van der Waals surface area contributed by atoms with Crippen molar-refractivity contribution in [3.63, 3.8) is 0 Å². The van der Waals surface area contributed by atoms with Crippen molar-refractivity contribution in [3.05, 3.63) is 170 Å². The third-order valence-corrected chi connectivity index (χ3v) is 14.8. The summed E-state index contributed by atoms with van der Waals surface area (Å²) in [5, 5.41) is 7.67. The fraction of sp³-hybridized carbons (Fsp3) is 0.0417. The van der Waals surface area contributed by atoms with Gasteiger partial charge in [-0.2, -0.15) is 0 Å². The highest BCUT2D eigenvalue weighted by Gasteiger charge is 2.41. The van der Waals surface area contributed by atoms with Gasteiger partial charge < -0.3 is 9.13 Å². The van der Waals surface area contributed by atoms with E-state index in [2.05, 4.69) is 192 Å². The van der Waals surface area contributed by atoms with Gasteiger partial charge in [-0.1, -0.05) is 147 Å². The molecule has 0 aliphatic carbocycles. The van der Waals surface area contributed by atoms with Crippen LogP contribution < -0.4 is 10.4 Å². The molecule has 1 aliphatic rings. The van der Waals surface area contributed by atoms with Crippen LogP contribution in [0.2, 0.25) is 13.1 Å². The minimum atomic E-state index is -2.05. The Balaban J connectivity index is 1.21. The van der Waals surface area contributed by atoms with Gasteiger partial charge in [0, 0.05) is 44.0 Å². The molecule has 250 valence electrons. The summed E-state index contributed by atoms with van der Waals surface area (Å²) in [6.45, 7) is 4.87. The fourth-order valence-corrected chi connectivity index (χ4v) is 12.2. The Labute approximate surface area is 308 Å². The van der Waals surface area contributed by atoms with Gasteiger partial charge in [-0.05, 0) is 52.3 Å². The van der Waals surface area contributed by atoms with Crippen molar-refractivity contribution in [2.75, 3.05) is 0 Å². The van der Waals surface area contributed by atoms with Crippen molar-refractivity contribution < 1.29 is 0 Å². The van der Waals surface area contributed by atoms with Gasteiger partial charge in [0.05, 0.1) is 33.5 Å². The Hall–Kier alpha value is -6.56. The Morgan fingerprint density at radius 1 is 0.434 bits per heavy atom. The van der Waals surface area contributed by atoms with E-state index in [-0.39, 0.29) is 0 Å². The summed E-state index contributed by atoms with van der Waals surface area (Å²) >= 11 is 0. The molecule has 4 heterocycles. The summed E-state index contributed by atoms with van der Waals surface area (Å²) < 4.78 is 4.89. The number of aromatic nitrogens is 4. The van der Waals surface area contributed by atoms with E-state index >= 15 is 0 Å². The number of benzene rings is 7. The maximum atomic E-state index is 5.45. The van der Waals surface area contributed by atoms with Crippen molar-refractivity contribution in [1.82, 2.24) is 19.1 Å². The molecule has 10 aromatic rings. The second-order valence-electron chi connectivity index (χ2n) is 14.6. The molecular formula is C48H34N4Si. The van der Waals surface area contributed by atoms with E-state index < -0.39 is 8.07 Å². The largest absolute Gasteiger partial charge is 0.307 e. The van der Waals surface area contributed by atoms with E-state index in [1.54, 1.807) is 0 Å². The second-order valence-corrected chi connectivity index (χ2v) is 18.9. The first-order chi connectivity index (χ1) is 26.1. The van der Waals surface area contributed by atoms with E-state index in [1.807, 2.05) is 0 Å². The molecule has 0 saturated carbocycles. The summed E-state index contributed by atoms with van der Waals surface area (Å²) in [4.78, 5) is 10.9. The number of hydrogen-bond acceptors (Lipinski definition) is 2. The maximum Gasteiger partial charge on any atom is 0.160 e. The van der Waals surface area contributed by atoms with Crippen molar-refractivity contribution in [2.45, 2.75) is 13.1 Å². The predicted octanol–water partition coefficient (Wildman–Crippen LogP) is 10.8. The Bertz CT molecular complexity index is 3080. The molecule has 4 nitrogen and oxygen atoms in total. The summed E-state index contributed by atoms with van der Waals surface area (Å²) in [7, 11) is -2.05. The van der Waals surface area contributed by atoms with Gasteiger partial charge in [0.15, 0.2) is 5.82 Å². The van der Waals surface area contributed by atoms with Crippen LogP contribution in [0, 0.1) is 0 Å². The molecular weight excluding hydrogens is 661 g/mol. The number of para-hydroxylation sites is 3. The molecule has 0 saturated heterocycles. The molecule has 5 heteroatoms. The van der Waals surface area contributed by atoms with Crippen LogP contribution in [0.4, 0.5) is 0 Å². The highest BCUT2D eigenvalue weighted by molar-refractivity contribution is 7.04. The minimum Gasteiger partial charge on any atom is -0.307 e. The first kappa shape index (κ1) is 30.1. The Kier molecular flexibility index (Phi) is 6.37. The quantitative estimate of drug-likeness (QED) is 0.172. The molecule has 53 heavy (non-hydrogen) atoms. The first-order valence-electron chi connectivity index (χ1n) is 18.3. The molecule has 1 aliphatic heterocycles. The van der Waals surface area contributed by atoms with Gasteiger partial charge in [-0.25, -0.2) is 9.97 Å². The molecule has 0 atom stereocenters. The zero-order valence-electron chi connectivity index (χ0n) is 29.5. The van der Waals surface area contributed by atoms with E-state index in [9.17, 15) is 0 Å². The number of rotatable bonds is 4. The van der Waals surface area contributed by atoms with Crippen molar-refractivity contribution >= 4 is 62.1 Å². The van der Waals surface area contributed by atoms with Gasteiger partial charge in [0.1, 0.15) is 8.07 Å². The smallest absolute Gasteiger partial charge is 0.160 e. The number of hydrogen-bond donors (Lipinski definition) is 0. The molecule has 0 fully saturated rings. The maximum absolute atomic E-state index is 5.45. The lowest BCUT2D eigenvalue weighted by molar-refractivity contribution is 1.14. The van der Waals surface area contributed by atoms with Crippen LogP contribution in [0.3, 0.4) is 0 Å². The summed E-state index contributed by atoms with van der Waals surface area (Å²) in [5.41, 5.74) is 12.5. The average molecular weight is 695 g/mol. The summed E-state index contributed by atoms with van der Waals surface area (Å²) in [6, 6.07) is 61.2. The molecule has 11 rings (SSSR count). The highest BCUT2D eigenvalue weighted by Crippen LogP contribution is 2.42. The Morgan fingerprint density at radius 3 is 1.66 bits per heavy atom. The number of fused-ring (bicyclic) bond motifs is 10. The summed E-state index contributed by atoms with van der Waals surface area (Å²) in [5.74, 6) is 0.746. The van der Waals surface area contributed by atoms with Crippen molar-refractivity contribution in [3.8, 4) is 45.3 Å². The van der Waals surface area contributed by atoms with Crippen LogP contribution in [0.15, 0.2) is 170 Å². The fourth-order valence-electron chi connectivity index (χ4n) is 8.95. The van der Waals surface area contributed by atoms with Crippen LogP contribution >= 0.6 is 0 Å². The van der Waals surface area contributed by atoms with Gasteiger partial charge in [-0.3, -0.25) is 0 Å². The van der Waals surface area contributed by atoms with E-state index in [4.69, 9.17) is 9.97 Å².